The molecule has 0 bridgehead atoms. The predicted octanol–water partition coefficient (Wildman–Crippen LogP) is 0.681. The van der Waals surface area contributed by atoms with Crippen LogP contribution in [-0.4, -0.2) is 16.8 Å². The number of hydrogen-bond donors (Lipinski definition) is 2. The monoisotopic (exact) mass is 151 g/mol. The van der Waals surface area contributed by atoms with Crippen LogP contribution in [0.25, 0.3) is 0 Å². The summed E-state index contributed by atoms with van der Waals surface area (Å²) in [5.41, 5.74) is 0. The summed E-state index contributed by atoms with van der Waals surface area (Å²) in [6, 6.07) is 0. The van der Waals surface area contributed by atoms with Gasteiger partial charge in [0, 0.05) is 28.3 Å². The van der Waals surface area contributed by atoms with Crippen molar-refractivity contribution in [2.45, 2.75) is 19.3 Å². The van der Waals surface area contributed by atoms with Crippen LogP contribution in [0.4, 0.5) is 0 Å². The first-order valence-electron chi connectivity index (χ1n) is 2.48. The minimum atomic E-state index is 0. The van der Waals surface area contributed by atoms with E-state index in [2.05, 4.69) is 0 Å². The van der Waals surface area contributed by atoms with Crippen LogP contribution >= 0.6 is 0 Å². The Morgan fingerprint density at radius 3 is 2.25 bits per heavy atom. The van der Waals surface area contributed by atoms with Crippen molar-refractivity contribution in [3.05, 3.63) is 6.61 Å². The van der Waals surface area contributed by atoms with Crippen molar-refractivity contribution in [2.75, 3.05) is 6.61 Å². The van der Waals surface area contributed by atoms with Gasteiger partial charge in [0.05, 0.1) is 0 Å². The van der Waals surface area contributed by atoms with Crippen molar-refractivity contribution in [3.63, 3.8) is 0 Å². The Morgan fingerprint density at radius 1 is 1.25 bits per heavy atom. The molecule has 2 N–H and O–H groups in total. The van der Waals surface area contributed by atoms with Gasteiger partial charge in [-0.05, 0) is 6.42 Å². The average molecular weight is 151 g/mol. The van der Waals surface area contributed by atoms with Crippen LogP contribution < -0.4 is 0 Å². The zero-order valence-electron chi connectivity index (χ0n) is 4.80. The molecule has 0 fully saturated rings. The van der Waals surface area contributed by atoms with Crippen LogP contribution in [0.15, 0.2) is 0 Å². The van der Waals surface area contributed by atoms with E-state index >= 15 is 0 Å². The fourth-order valence-corrected chi connectivity index (χ4v) is 0.347. The molecule has 0 saturated carbocycles. The second-order valence-corrected chi connectivity index (χ2v) is 1.40. The molecule has 0 aliphatic carbocycles. The largest absolute Gasteiger partial charge is 0.566 e. The van der Waals surface area contributed by atoms with Crippen molar-refractivity contribution in [2.24, 2.45) is 0 Å². The SMILES string of the molecule is O[CH-]CCCCO.[Ti]. The predicted molar refractivity (Wildman–Crippen MR) is 27.2 cm³/mol. The van der Waals surface area contributed by atoms with Gasteiger partial charge in [0.1, 0.15) is 0 Å². The Hall–Kier alpha value is 0.634. The van der Waals surface area contributed by atoms with Gasteiger partial charge in [-0.2, -0.15) is 6.42 Å². The maximum absolute atomic E-state index is 8.20. The molecule has 0 unspecified atom stereocenters. The van der Waals surface area contributed by atoms with Gasteiger partial charge in [-0.3, -0.25) is 0 Å². The minimum absolute atomic E-state index is 0. The number of aliphatic hydroxyl groups is 2. The summed E-state index contributed by atoms with van der Waals surface area (Å²) in [6.45, 7) is 1.35. The zero-order chi connectivity index (χ0) is 5.54. The maximum atomic E-state index is 8.20. The van der Waals surface area contributed by atoms with Crippen LogP contribution in [0.3, 0.4) is 0 Å². The van der Waals surface area contributed by atoms with Crippen molar-refractivity contribution in [1.29, 1.82) is 0 Å². The molecule has 0 aromatic rings. The van der Waals surface area contributed by atoms with Gasteiger partial charge in [0.15, 0.2) is 0 Å². The van der Waals surface area contributed by atoms with E-state index in [9.17, 15) is 0 Å². The van der Waals surface area contributed by atoms with Crippen LogP contribution in [0.2, 0.25) is 0 Å². The molecule has 0 saturated heterocycles. The Balaban J connectivity index is 0. The molecular formula is C5H11O2Ti-. The molecule has 3 heteroatoms. The molecule has 8 heavy (non-hydrogen) atoms. The number of hydrogen-bond acceptors (Lipinski definition) is 2. The topological polar surface area (TPSA) is 40.5 Å². The molecule has 0 amide bonds. The molecule has 0 spiro atoms. The summed E-state index contributed by atoms with van der Waals surface area (Å²) in [6.07, 6.45) is 2.37. The van der Waals surface area contributed by atoms with Gasteiger partial charge in [-0.25, -0.2) is 6.61 Å². The first-order chi connectivity index (χ1) is 3.41. The zero-order valence-corrected chi connectivity index (χ0v) is 6.36. The second kappa shape index (κ2) is 10.6. The average Bonchev–Trinajstić information content (AvgIpc) is 1.69. The number of aliphatic hydroxyl groups excluding tert-OH is 2. The molecule has 0 aliphatic rings. The second-order valence-electron chi connectivity index (χ2n) is 1.40. The fourth-order valence-electron chi connectivity index (χ4n) is 0.347. The Morgan fingerprint density at radius 2 is 1.88 bits per heavy atom. The molecule has 0 heterocycles. The van der Waals surface area contributed by atoms with Gasteiger partial charge in [-0.1, -0.05) is 6.42 Å². The van der Waals surface area contributed by atoms with Gasteiger partial charge in [-0.15, -0.1) is 0 Å². The minimum Gasteiger partial charge on any atom is -0.566 e. The molecular weight excluding hydrogens is 140 g/mol. The smallest absolute Gasteiger partial charge is 0.0430 e. The van der Waals surface area contributed by atoms with E-state index in [1.165, 1.54) is 0 Å². The van der Waals surface area contributed by atoms with Crippen molar-refractivity contribution >= 4 is 0 Å². The van der Waals surface area contributed by atoms with Crippen molar-refractivity contribution < 1.29 is 31.9 Å². The van der Waals surface area contributed by atoms with E-state index < -0.39 is 0 Å². The van der Waals surface area contributed by atoms with E-state index in [0.29, 0.717) is 6.42 Å². The first kappa shape index (κ1) is 11.4. The van der Waals surface area contributed by atoms with Crippen LogP contribution in [0.1, 0.15) is 19.3 Å². The summed E-state index contributed by atoms with van der Waals surface area (Å²) in [4.78, 5) is 0. The van der Waals surface area contributed by atoms with E-state index in [1.807, 2.05) is 0 Å². The summed E-state index contributed by atoms with van der Waals surface area (Å²) >= 11 is 0. The number of rotatable bonds is 4. The van der Waals surface area contributed by atoms with Gasteiger partial charge >= 0.3 is 0 Å². The maximum Gasteiger partial charge on any atom is 0.0430 e. The fraction of sp³-hybridized carbons (Fsp3) is 0.800. The summed E-state index contributed by atoms with van der Waals surface area (Å²) in [5.74, 6) is 0. The molecule has 0 atom stereocenters. The summed E-state index contributed by atoms with van der Waals surface area (Å²) in [7, 11) is 0. The third kappa shape index (κ3) is 9.81. The van der Waals surface area contributed by atoms with Crippen LogP contribution in [-0.2, 0) is 21.7 Å². The van der Waals surface area contributed by atoms with Crippen molar-refractivity contribution in [3.8, 4) is 0 Å². The first-order valence-corrected chi connectivity index (χ1v) is 2.48. The Kier molecular flexibility index (Phi) is 15.1. The molecule has 0 aromatic heterocycles. The van der Waals surface area contributed by atoms with Crippen molar-refractivity contribution in [1.82, 2.24) is 0 Å². The summed E-state index contributed by atoms with van der Waals surface area (Å²) in [5, 5.41) is 16.3. The molecule has 48 valence electrons. The summed E-state index contributed by atoms with van der Waals surface area (Å²) < 4.78 is 0. The van der Waals surface area contributed by atoms with E-state index in [-0.39, 0.29) is 28.3 Å². The third-order valence-electron chi connectivity index (χ3n) is 0.741. The quantitative estimate of drug-likeness (QED) is 0.352. The molecule has 0 rings (SSSR count). The van der Waals surface area contributed by atoms with Crippen LogP contribution in [0.5, 0.6) is 0 Å². The normalized spacial score (nSPS) is 8.25. The van der Waals surface area contributed by atoms with E-state index in [0.717, 1.165) is 19.4 Å². The van der Waals surface area contributed by atoms with Gasteiger partial charge in [0.25, 0.3) is 0 Å². The Bertz CT molecular complexity index is 29.6. The van der Waals surface area contributed by atoms with Gasteiger partial charge < -0.3 is 10.2 Å². The van der Waals surface area contributed by atoms with Gasteiger partial charge in [0.2, 0.25) is 0 Å². The molecule has 2 nitrogen and oxygen atoms in total. The molecule has 0 aromatic carbocycles. The molecule has 0 aliphatic heterocycles. The van der Waals surface area contributed by atoms with E-state index in [1.54, 1.807) is 0 Å². The number of unbranched alkanes of at least 4 members (excludes halogenated alkanes) is 2. The van der Waals surface area contributed by atoms with E-state index in [4.69, 9.17) is 10.2 Å². The standard InChI is InChI=1S/C5H11O2.Ti/c6-4-2-1-3-5-7;/h4,6-7H,1-3,5H2;/q-1;. The molecule has 0 radical (unpaired) electrons. The van der Waals surface area contributed by atoms with Crippen LogP contribution in [0, 0.1) is 6.61 Å². The Labute approximate surface area is 64.8 Å². The third-order valence-corrected chi connectivity index (χ3v) is 0.741.